The van der Waals surface area contributed by atoms with Gasteiger partial charge in [-0.3, -0.25) is 4.79 Å². The van der Waals surface area contributed by atoms with Gasteiger partial charge in [0.2, 0.25) is 0 Å². The lowest BCUT2D eigenvalue weighted by Crippen LogP contribution is -2.28. The molecule has 16 heavy (non-hydrogen) atoms. The molecule has 3 N–H and O–H groups in total. The Morgan fingerprint density at radius 1 is 1.44 bits per heavy atom. The van der Waals surface area contributed by atoms with Crippen LogP contribution in [0.1, 0.15) is 18.9 Å². The lowest BCUT2D eigenvalue weighted by atomic mass is 9.97. The highest BCUT2D eigenvalue weighted by molar-refractivity contribution is 9.10. The van der Waals surface area contributed by atoms with Crippen LogP contribution in [-0.2, 0) is 11.2 Å². The number of hydrogen-bond acceptors (Lipinski definition) is 2. The Balaban J connectivity index is 2.48. The molecule has 2 atom stereocenters. The van der Waals surface area contributed by atoms with Crippen molar-refractivity contribution in [3.8, 4) is 0 Å². The van der Waals surface area contributed by atoms with Crippen LogP contribution in [0.2, 0.25) is 0 Å². The minimum atomic E-state index is -0.786. The van der Waals surface area contributed by atoms with Gasteiger partial charge in [-0.25, -0.2) is 0 Å². The van der Waals surface area contributed by atoms with Crippen LogP contribution in [0.3, 0.4) is 0 Å². The Bertz CT molecular complexity index is 351. The van der Waals surface area contributed by atoms with Crippen molar-refractivity contribution in [3.63, 3.8) is 0 Å². The zero-order valence-corrected chi connectivity index (χ0v) is 10.8. The van der Waals surface area contributed by atoms with Crippen molar-refractivity contribution in [1.82, 2.24) is 0 Å². The summed E-state index contributed by atoms with van der Waals surface area (Å²) in [5.74, 6) is -1.17. The number of aliphatic carboxylic acids is 1. The molecule has 0 fully saturated rings. The van der Waals surface area contributed by atoms with Crippen LogP contribution >= 0.6 is 15.9 Å². The molecule has 0 radical (unpaired) electrons. The van der Waals surface area contributed by atoms with Gasteiger partial charge in [0, 0.05) is 10.5 Å². The van der Waals surface area contributed by atoms with Crippen LogP contribution in [0.25, 0.3) is 0 Å². The van der Waals surface area contributed by atoms with Crippen molar-refractivity contribution in [3.05, 3.63) is 34.3 Å². The van der Waals surface area contributed by atoms with Crippen molar-refractivity contribution >= 4 is 21.9 Å². The third-order valence-corrected chi connectivity index (χ3v) is 3.02. The van der Waals surface area contributed by atoms with E-state index in [-0.39, 0.29) is 12.0 Å². The summed E-state index contributed by atoms with van der Waals surface area (Å²) in [6.07, 6.45) is 1.22. The number of carbonyl (C=O) groups is 1. The lowest BCUT2D eigenvalue weighted by Gasteiger charge is -2.14. The molecule has 88 valence electrons. The van der Waals surface area contributed by atoms with Crippen LogP contribution in [0.15, 0.2) is 28.7 Å². The number of rotatable bonds is 5. The standard InChI is InChI=1S/C12H16BrNO2/c1-8(12(15)16)6-11(14)7-9-2-4-10(13)5-3-9/h2-5,8,11H,6-7,14H2,1H3,(H,15,16)/t8-,11+/m1/s1. The van der Waals surface area contributed by atoms with Gasteiger partial charge in [-0.15, -0.1) is 0 Å². The molecule has 0 amide bonds. The summed E-state index contributed by atoms with van der Waals surface area (Å²) in [6, 6.07) is 7.81. The molecule has 0 saturated heterocycles. The summed E-state index contributed by atoms with van der Waals surface area (Å²) in [4.78, 5) is 10.7. The maximum atomic E-state index is 10.7. The predicted molar refractivity (Wildman–Crippen MR) is 67.2 cm³/mol. The molecule has 0 heterocycles. The quantitative estimate of drug-likeness (QED) is 0.873. The first-order valence-corrected chi connectivity index (χ1v) is 6.01. The molecule has 1 rings (SSSR count). The largest absolute Gasteiger partial charge is 0.481 e. The minimum Gasteiger partial charge on any atom is -0.481 e. The van der Waals surface area contributed by atoms with Crippen LogP contribution in [0.4, 0.5) is 0 Å². The van der Waals surface area contributed by atoms with Crippen LogP contribution in [0, 0.1) is 5.92 Å². The number of benzene rings is 1. The van der Waals surface area contributed by atoms with E-state index in [9.17, 15) is 4.79 Å². The molecule has 1 aromatic rings. The topological polar surface area (TPSA) is 63.3 Å². The molecule has 0 aliphatic rings. The Kier molecular flexibility index (Phi) is 4.96. The van der Waals surface area contributed by atoms with E-state index < -0.39 is 5.97 Å². The maximum absolute atomic E-state index is 10.7. The van der Waals surface area contributed by atoms with Gasteiger partial charge < -0.3 is 10.8 Å². The third kappa shape index (κ3) is 4.33. The lowest BCUT2D eigenvalue weighted by molar-refractivity contribution is -0.141. The second-order valence-corrected chi connectivity index (χ2v) is 4.98. The minimum absolute atomic E-state index is 0.104. The smallest absolute Gasteiger partial charge is 0.306 e. The Labute approximate surface area is 104 Å². The first-order valence-electron chi connectivity index (χ1n) is 5.22. The molecule has 0 aliphatic carbocycles. The van der Waals surface area contributed by atoms with Crippen molar-refractivity contribution in [1.29, 1.82) is 0 Å². The van der Waals surface area contributed by atoms with E-state index >= 15 is 0 Å². The first kappa shape index (κ1) is 13.2. The van der Waals surface area contributed by atoms with Crippen molar-refractivity contribution in [2.75, 3.05) is 0 Å². The molecule has 0 bridgehead atoms. The third-order valence-electron chi connectivity index (χ3n) is 2.49. The molecular weight excluding hydrogens is 270 g/mol. The normalized spacial score (nSPS) is 14.4. The number of halogens is 1. The summed E-state index contributed by atoms with van der Waals surface area (Å²) < 4.78 is 1.03. The number of nitrogens with two attached hydrogens (primary N) is 1. The average Bonchev–Trinajstić information content (AvgIpc) is 2.21. The second kappa shape index (κ2) is 6.01. The zero-order valence-electron chi connectivity index (χ0n) is 9.19. The SMILES string of the molecule is C[C@H](C[C@H](N)Cc1ccc(Br)cc1)C(=O)O. The van der Waals surface area contributed by atoms with Crippen LogP contribution in [0.5, 0.6) is 0 Å². The highest BCUT2D eigenvalue weighted by Crippen LogP contribution is 2.14. The molecule has 1 aromatic carbocycles. The summed E-state index contributed by atoms with van der Waals surface area (Å²) in [5.41, 5.74) is 7.04. The highest BCUT2D eigenvalue weighted by atomic mass is 79.9. The van der Waals surface area contributed by atoms with Crippen LogP contribution < -0.4 is 5.73 Å². The van der Waals surface area contributed by atoms with Gasteiger partial charge in [-0.05, 0) is 30.5 Å². The van der Waals surface area contributed by atoms with E-state index in [1.807, 2.05) is 24.3 Å². The Morgan fingerprint density at radius 2 is 2.00 bits per heavy atom. The molecule has 3 nitrogen and oxygen atoms in total. The van der Waals surface area contributed by atoms with Gasteiger partial charge >= 0.3 is 5.97 Å². The van der Waals surface area contributed by atoms with Gasteiger partial charge in [-0.2, -0.15) is 0 Å². The monoisotopic (exact) mass is 285 g/mol. The Hall–Kier alpha value is -0.870. The van der Waals surface area contributed by atoms with E-state index in [1.54, 1.807) is 6.92 Å². The van der Waals surface area contributed by atoms with Gasteiger partial charge in [-0.1, -0.05) is 35.0 Å². The van der Waals surface area contributed by atoms with Gasteiger partial charge in [0.25, 0.3) is 0 Å². The summed E-state index contributed by atoms with van der Waals surface area (Å²) >= 11 is 3.36. The fourth-order valence-electron chi connectivity index (χ4n) is 1.56. The second-order valence-electron chi connectivity index (χ2n) is 4.07. The van der Waals surface area contributed by atoms with E-state index in [2.05, 4.69) is 15.9 Å². The van der Waals surface area contributed by atoms with E-state index in [0.717, 1.165) is 10.0 Å². The zero-order chi connectivity index (χ0) is 12.1. The molecule has 0 aliphatic heterocycles. The summed E-state index contributed by atoms with van der Waals surface area (Å²) in [6.45, 7) is 1.68. The maximum Gasteiger partial charge on any atom is 0.306 e. The van der Waals surface area contributed by atoms with Crippen molar-refractivity contribution in [2.45, 2.75) is 25.8 Å². The van der Waals surface area contributed by atoms with Crippen molar-refractivity contribution < 1.29 is 9.90 Å². The molecule has 0 aromatic heterocycles. The van der Waals surface area contributed by atoms with E-state index in [0.29, 0.717) is 12.8 Å². The molecule has 0 spiro atoms. The fraction of sp³-hybridized carbons (Fsp3) is 0.417. The predicted octanol–water partition coefficient (Wildman–Crippen LogP) is 2.43. The van der Waals surface area contributed by atoms with E-state index in [1.165, 1.54) is 0 Å². The summed E-state index contributed by atoms with van der Waals surface area (Å²) in [5, 5.41) is 8.77. The molecule has 0 unspecified atom stereocenters. The van der Waals surface area contributed by atoms with Crippen molar-refractivity contribution in [2.24, 2.45) is 11.7 Å². The number of carboxylic acids is 1. The molecular formula is C12H16BrNO2. The number of hydrogen-bond donors (Lipinski definition) is 2. The molecule has 4 heteroatoms. The summed E-state index contributed by atoms with van der Waals surface area (Å²) in [7, 11) is 0. The highest BCUT2D eigenvalue weighted by Gasteiger charge is 2.15. The van der Waals surface area contributed by atoms with Gasteiger partial charge in [0.1, 0.15) is 0 Å². The van der Waals surface area contributed by atoms with Gasteiger partial charge in [0.05, 0.1) is 5.92 Å². The Morgan fingerprint density at radius 3 is 2.50 bits per heavy atom. The number of carboxylic acid groups (broad SMARTS) is 1. The fourth-order valence-corrected chi connectivity index (χ4v) is 1.83. The van der Waals surface area contributed by atoms with E-state index in [4.69, 9.17) is 10.8 Å². The average molecular weight is 286 g/mol. The molecule has 0 saturated carbocycles. The van der Waals surface area contributed by atoms with Crippen LogP contribution in [-0.4, -0.2) is 17.1 Å². The van der Waals surface area contributed by atoms with Gasteiger partial charge in [0.15, 0.2) is 0 Å². The first-order chi connectivity index (χ1) is 7.49.